The molecule has 19 heavy (non-hydrogen) atoms. The van der Waals surface area contributed by atoms with Crippen molar-refractivity contribution in [3.05, 3.63) is 29.3 Å². The minimum Gasteiger partial charge on any atom is -0.326 e. The van der Waals surface area contributed by atoms with Gasteiger partial charge in [0.2, 0.25) is 5.91 Å². The normalized spacial score (nSPS) is 19.1. The number of sulfone groups is 1. The molecule has 1 aromatic carbocycles. The Hall–Kier alpha value is -1.36. The summed E-state index contributed by atoms with van der Waals surface area (Å²) >= 11 is 0. The van der Waals surface area contributed by atoms with Gasteiger partial charge in [-0.25, -0.2) is 8.42 Å². The molecular weight excluding hydrogens is 262 g/mol. The van der Waals surface area contributed by atoms with Crippen molar-refractivity contribution in [3.8, 4) is 0 Å². The molecule has 1 aliphatic rings. The third-order valence-corrected chi connectivity index (χ3v) is 5.29. The van der Waals surface area contributed by atoms with Gasteiger partial charge < -0.3 is 5.32 Å². The van der Waals surface area contributed by atoms with Crippen LogP contribution in [0.4, 0.5) is 5.69 Å². The summed E-state index contributed by atoms with van der Waals surface area (Å²) in [6, 6.07) is 5.90. The summed E-state index contributed by atoms with van der Waals surface area (Å²) in [6.07, 6.45) is 0.859. The molecular formula is C14H19NO3S. The van der Waals surface area contributed by atoms with E-state index in [1.54, 1.807) is 0 Å². The molecule has 1 heterocycles. The van der Waals surface area contributed by atoms with Crippen molar-refractivity contribution in [2.75, 3.05) is 16.8 Å². The molecule has 0 aliphatic carbocycles. The number of benzene rings is 1. The second-order valence-electron chi connectivity index (χ2n) is 5.23. The summed E-state index contributed by atoms with van der Waals surface area (Å²) in [5, 5.41) is 2.91. The van der Waals surface area contributed by atoms with Gasteiger partial charge in [0.1, 0.15) is 9.84 Å². The molecule has 1 saturated heterocycles. The second-order valence-corrected chi connectivity index (χ2v) is 7.54. The van der Waals surface area contributed by atoms with Crippen LogP contribution >= 0.6 is 0 Å². The fraction of sp³-hybridized carbons (Fsp3) is 0.500. The topological polar surface area (TPSA) is 63.2 Å². The fourth-order valence-electron chi connectivity index (χ4n) is 2.26. The van der Waals surface area contributed by atoms with E-state index in [1.807, 2.05) is 32.0 Å². The van der Waals surface area contributed by atoms with Gasteiger partial charge in [0.05, 0.1) is 11.5 Å². The predicted molar refractivity (Wildman–Crippen MR) is 75.9 cm³/mol. The van der Waals surface area contributed by atoms with Crippen molar-refractivity contribution in [2.45, 2.75) is 26.7 Å². The molecule has 0 aromatic heterocycles. The minimum atomic E-state index is -2.92. The van der Waals surface area contributed by atoms with Crippen LogP contribution < -0.4 is 5.32 Å². The molecule has 0 atom stereocenters. The van der Waals surface area contributed by atoms with Gasteiger partial charge in [-0.1, -0.05) is 12.1 Å². The molecule has 0 unspecified atom stereocenters. The summed E-state index contributed by atoms with van der Waals surface area (Å²) in [5.41, 5.74) is 2.92. The van der Waals surface area contributed by atoms with Gasteiger partial charge in [0.25, 0.3) is 0 Å². The highest BCUT2D eigenvalue weighted by Gasteiger charge is 2.28. The zero-order valence-electron chi connectivity index (χ0n) is 11.3. The number of nitrogens with one attached hydrogen (secondary N) is 1. The van der Waals surface area contributed by atoms with Crippen molar-refractivity contribution >= 4 is 21.4 Å². The molecule has 2 rings (SSSR count). The van der Waals surface area contributed by atoms with Gasteiger partial charge in [0, 0.05) is 11.6 Å². The number of amides is 1. The third-order valence-electron chi connectivity index (χ3n) is 3.58. The molecule has 4 nitrogen and oxygen atoms in total. The number of hydrogen-bond donors (Lipinski definition) is 1. The van der Waals surface area contributed by atoms with Gasteiger partial charge in [-0.05, 0) is 43.9 Å². The summed E-state index contributed by atoms with van der Waals surface area (Å²) in [4.78, 5) is 12.1. The van der Waals surface area contributed by atoms with Crippen LogP contribution in [0.2, 0.25) is 0 Å². The molecule has 1 amide bonds. The molecule has 104 valence electrons. The van der Waals surface area contributed by atoms with Crippen LogP contribution in [0, 0.1) is 19.8 Å². The van der Waals surface area contributed by atoms with E-state index in [-0.39, 0.29) is 23.3 Å². The van der Waals surface area contributed by atoms with E-state index < -0.39 is 9.84 Å². The third kappa shape index (κ3) is 3.56. The molecule has 1 aromatic rings. The Morgan fingerprint density at radius 3 is 2.47 bits per heavy atom. The van der Waals surface area contributed by atoms with Crippen molar-refractivity contribution in [1.82, 2.24) is 0 Å². The standard InChI is InChI=1S/C14H19NO3S/c1-10-3-4-11(2)13(9-10)15-14(16)12-5-7-19(17,18)8-6-12/h3-4,9,12H,5-8H2,1-2H3,(H,15,16). The van der Waals surface area contributed by atoms with Crippen LogP contribution in [0.25, 0.3) is 0 Å². The predicted octanol–water partition coefficient (Wildman–Crippen LogP) is 2.07. The Morgan fingerprint density at radius 2 is 1.84 bits per heavy atom. The van der Waals surface area contributed by atoms with Crippen LogP contribution in [0.1, 0.15) is 24.0 Å². The van der Waals surface area contributed by atoms with Gasteiger partial charge in [-0.15, -0.1) is 0 Å². The van der Waals surface area contributed by atoms with E-state index in [9.17, 15) is 13.2 Å². The highest BCUT2D eigenvalue weighted by atomic mass is 32.2. The quantitative estimate of drug-likeness (QED) is 0.902. The minimum absolute atomic E-state index is 0.0661. The van der Waals surface area contributed by atoms with Crippen molar-refractivity contribution in [3.63, 3.8) is 0 Å². The summed E-state index contributed by atoms with van der Waals surface area (Å²) in [6.45, 7) is 3.92. The van der Waals surface area contributed by atoms with E-state index in [2.05, 4.69) is 5.32 Å². The Labute approximate surface area is 114 Å². The monoisotopic (exact) mass is 281 g/mol. The van der Waals surface area contributed by atoms with Crippen LogP contribution in [0.15, 0.2) is 18.2 Å². The van der Waals surface area contributed by atoms with Gasteiger partial charge in [0.15, 0.2) is 0 Å². The number of hydrogen-bond acceptors (Lipinski definition) is 3. The fourth-order valence-corrected chi connectivity index (χ4v) is 3.75. The summed E-state index contributed by atoms with van der Waals surface area (Å²) in [7, 11) is -2.92. The lowest BCUT2D eigenvalue weighted by atomic mass is 10.0. The lowest BCUT2D eigenvalue weighted by molar-refractivity contribution is -0.120. The Bertz CT molecular complexity index is 579. The van der Waals surface area contributed by atoms with Crippen molar-refractivity contribution in [2.24, 2.45) is 5.92 Å². The average Bonchev–Trinajstić information content (AvgIpc) is 2.33. The lowest BCUT2D eigenvalue weighted by Crippen LogP contribution is -2.32. The first-order valence-corrected chi connectivity index (χ1v) is 8.28. The molecule has 0 spiro atoms. The maximum absolute atomic E-state index is 12.1. The molecule has 0 saturated carbocycles. The average molecular weight is 281 g/mol. The number of carbonyl (C=O) groups is 1. The molecule has 0 bridgehead atoms. The molecule has 1 fully saturated rings. The van der Waals surface area contributed by atoms with Gasteiger partial charge in [-0.3, -0.25) is 4.79 Å². The Balaban J connectivity index is 2.04. The zero-order valence-corrected chi connectivity index (χ0v) is 12.1. The summed E-state index contributed by atoms with van der Waals surface area (Å²) in [5.74, 6) is -0.0116. The highest BCUT2D eigenvalue weighted by molar-refractivity contribution is 7.91. The van der Waals surface area contributed by atoms with E-state index in [4.69, 9.17) is 0 Å². The van der Waals surface area contributed by atoms with Crippen molar-refractivity contribution in [1.29, 1.82) is 0 Å². The first-order chi connectivity index (χ1) is 8.87. The SMILES string of the molecule is Cc1ccc(C)c(NC(=O)C2CCS(=O)(=O)CC2)c1. The van der Waals surface area contributed by atoms with Crippen LogP contribution in [-0.2, 0) is 14.6 Å². The Morgan fingerprint density at radius 1 is 1.21 bits per heavy atom. The first kappa shape index (κ1) is 14.1. The van der Waals surface area contributed by atoms with E-state index in [1.165, 1.54) is 0 Å². The van der Waals surface area contributed by atoms with E-state index >= 15 is 0 Å². The molecule has 5 heteroatoms. The van der Waals surface area contributed by atoms with Gasteiger partial charge in [-0.2, -0.15) is 0 Å². The second kappa shape index (κ2) is 5.33. The first-order valence-electron chi connectivity index (χ1n) is 6.46. The zero-order chi connectivity index (χ0) is 14.0. The lowest BCUT2D eigenvalue weighted by Gasteiger charge is -2.21. The molecule has 1 aliphatic heterocycles. The highest BCUT2D eigenvalue weighted by Crippen LogP contribution is 2.22. The Kier molecular flexibility index (Phi) is 3.94. The molecule has 1 N–H and O–H groups in total. The largest absolute Gasteiger partial charge is 0.326 e. The smallest absolute Gasteiger partial charge is 0.227 e. The van der Waals surface area contributed by atoms with Crippen LogP contribution in [0.3, 0.4) is 0 Å². The van der Waals surface area contributed by atoms with Crippen molar-refractivity contribution < 1.29 is 13.2 Å². The number of anilines is 1. The maximum Gasteiger partial charge on any atom is 0.227 e. The number of carbonyl (C=O) groups excluding carboxylic acids is 1. The number of rotatable bonds is 2. The number of aryl methyl sites for hydroxylation is 2. The maximum atomic E-state index is 12.1. The van der Waals surface area contributed by atoms with E-state index in [0.29, 0.717) is 12.8 Å². The summed E-state index contributed by atoms with van der Waals surface area (Å²) < 4.78 is 22.7. The van der Waals surface area contributed by atoms with Crippen LogP contribution in [-0.4, -0.2) is 25.8 Å². The van der Waals surface area contributed by atoms with Gasteiger partial charge >= 0.3 is 0 Å². The van der Waals surface area contributed by atoms with E-state index in [0.717, 1.165) is 16.8 Å². The molecule has 0 radical (unpaired) electrons. The van der Waals surface area contributed by atoms with Crippen LogP contribution in [0.5, 0.6) is 0 Å².